The van der Waals surface area contributed by atoms with Gasteiger partial charge in [-0.2, -0.15) is 5.26 Å². The number of aryl methyl sites for hydroxylation is 1. The number of rotatable bonds is 2. The number of ketones is 1. The minimum absolute atomic E-state index is 0.0769. The predicted molar refractivity (Wildman–Crippen MR) is 43.5 cm³/mol. The third kappa shape index (κ3) is 1.67. The smallest absolute Gasteiger partial charge is 0.178 e. The van der Waals surface area contributed by atoms with Crippen LogP contribution in [0.2, 0.25) is 0 Å². The monoisotopic (exact) mass is 160 g/mol. The molecule has 0 saturated heterocycles. The summed E-state index contributed by atoms with van der Waals surface area (Å²) in [6.45, 7) is 1.83. The molecule has 0 radical (unpaired) electrons. The van der Waals surface area contributed by atoms with Crippen LogP contribution in [0.3, 0.4) is 0 Å². The largest absolute Gasteiger partial charge is 0.293 e. The molecule has 0 aliphatic carbocycles. The van der Waals surface area contributed by atoms with Crippen LogP contribution >= 0.6 is 0 Å². The maximum atomic E-state index is 11.2. The second-order valence-corrected chi connectivity index (χ2v) is 2.45. The number of hydrogen-bond acceptors (Lipinski definition) is 3. The fourth-order valence-corrected chi connectivity index (χ4v) is 0.923. The lowest BCUT2D eigenvalue weighted by Crippen LogP contribution is -2.00. The topological polar surface area (TPSA) is 53.8 Å². The molecule has 60 valence electrons. The highest BCUT2D eigenvalue weighted by Gasteiger charge is 2.07. The third-order valence-electron chi connectivity index (χ3n) is 1.58. The standard InChI is InChI=1S/C9H8N2O/c1-7-3-5-11-6-8(7)9(12)2-4-10/h3,5-6H,2H2,1H3. The Morgan fingerprint density at radius 1 is 1.75 bits per heavy atom. The van der Waals surface area contributed by atoms with Crippen molar-refractivity contribution in [2.75, 3.05) is 0 Å². The maximum absolute atomic E-state index is 11.2. The summed E-state index contributed by atoms with van der Waals surface area (Å²) in [6, 6.07) is 3.57. The molecule has 0 spiro atoms. The number of Topliss-reactive ketones (excluding diaryl/α,β-unsaturated/α-hetero) is 1. The van der Waals surface area contributed by atoms with Crippen LogP contribution in [0.4, 0.5) is 0 Å². The Morgan fingerprint density at radius 2 is 2.50 bits per heavy atom. The number of carbonyl (C=O) groups excluding carboxylic acids is 1. The minimum atomic E-state index is -0.164. The van der Waals surface area contributed by atoms with Crippen molar-refractivity contribution in [2.45, 2.75) is 13.3 Å². The van der Waals surface area contributed by atoms with E-state index in [2.05, 4.69) is 4.98 Å². The molecular formula is C9H8N2O. The van der Waals surface area contributed by atoms with Crippen LogP contribution in [0.15, 0.2) is 18.5 Å². The lowest BCUT2D eigenvalue weighted by atomic mass is 10.1. The average molecular weight is 160 g/mol. The molecule has 0 unspecified atom stereocenters. The van der Waals surface area contributed by atoms with E-state index in [1.54, 1.807) is 12.3 Å². The van der Waals surface area contributed by atoms with Crippen LogP contribution in [-0.4, -0.2) is 10.8 Å². The summed E-state index contributed by atoms with van der Waals surface area (Å²) in [4.78, 5) is 15.0. The molecule has 0 aliphatic heterocycles. The summed E-state index contributed by atoms with van der Waals surface area (Å²) >= 11 is 0. The Hall–Kier alpha value is -1.69. The molecule has 1 aromatic rings. The van der Waals surface area contributed by atoms with E-state index in [1.807, 2.05) is 13.0 Å². The van der Waals surface area contributed by atoms with E-state index in [9.17, 15) is 4.79 Å². The van der Waals surface area contributed by atoms with Crippen LogP contribution < -0.4 is 0 Å². The van der Waals surface area contributed by atoms with Gasteiger partial charge in [-0.3, -0.25) is 9.78 Å². The minimum Gasteiger partial charge on any atom is -0.293 e. The summed E-state index contributed by atoms with van der Waals surface area (Å²) in [7, 11) is 0. The van der Waals surface area contributed by atoms with Crippen molar-refractivity contribution < 1.29 is 4.79 Å². The van der Waals surface area contributed by atoms with E-state index in [4.69, 9.17) is 5.26 Å². The summed E-state index contributed by atoms with van der Waals surface area (Å²) in [5.41, 5.74) is 1.41. The van der Waals surface area contributed by atoms with Crippen LogP contribution in [0.25, 0.3) is 0 Å². The molecule has 0 saturated carbocycles. The highest BCUT2D eigenvalue weighted by atomic mass is 16.1. The third-order valence-corrected chi connectivity index (χ3v) is 1.58. The van der Waals surface area contributed by atoms with E-state index >= 15 is 0 Å². The maximum Gasteiger partial charge on any atom is 0.178 e. The van der Waals surface area contributed by atoms with Gasteiger partial charge in [0.1, 0.15) is 0 Å². The van der Waals surface area contributed by atoms with Gasteiger partial charge in [-0.25, -0.2) is 0 Å². The Kier molecular flexibility index (Phi) is 2.54. The van der Waals surface area contributed by atoms with Crippen molar-refractivity contribution in [3.8, 4) is 6.07 Å². The van der Waals surface area contributed by atoms with Crippen LogP contribution in [0.1, 0.15) is 22.3 Å². The van der Waals surface area contributed by atoms with E-state index < -0.39 is 0 Å². The van der Waals surface area contributed by atoms with Crippen molar-refractivity contribution in [1.82, 2.24) is 4.98 Å². The van der Waals surface area contributed by atoms with Gasteiger partial charge in [0.05, 0.1) is 12.5 Å². The first-order valence-electron chi connectivity index (χ1n) is 3.56. The van der Waals surface area contributed by atoms with Gasteiger partial charge < -0.3 is 0 Å². The van der Waals surface area contributed by atoms with Gasteiger partial charge in [-0.05, 0) is 18.6 Å². The average Bonchev–Trinajstić information content (AvgIpc) is 2.05. The first kappa shape index (κ1) is 8.41. The molecule has 0 N–H and O–H groups in total. The van der Waals surface area contributed by atoms with E-state index in [0.29, 0.717) is 5.56 Å². The lowest BCUT2D eigenvalue weighted by molar-refractivity contribution is 0.0997. The SMILES string of the molecule is Cc1ccncc1C(=O)CC#N. The lowest BCUT2D eigenvalue weighted by Gasteiger charge is -1.98. The Morgan fingerprint density at radius 3 is 3.08 bits per heavy atom. The fourth-order valence-electron chi connectivity index (χ4n) is 0.923. The number of nitrogens with zero attached hydrogens (tertiary/aromatic N) is 2. The molecule has 0 atom stereocenters. The Labute approximate surface area is 70.7 Å². The highest BCUT2D eigenvalue weighted by Crippen LogP contribution is 2.07. The molecule has 12 heavy (non-hydrogen) atoms. The van der Waals surface area contributed by atoms with Crippen LogP contribution in [0.5, 0.6) is 0 Å². The Balaban J connectivity index is 2.97. The van der Waals surface area contributed by atoms with Crippen molar-refractivity contribution in [1.29, 1.82) is 5.26 Å². The number of pyridine rings is 1. The van der Waals surface area contributed by atoms with E-state index in [1.165, 1.54) is 6.20 Å². The van der Waals surface area contributed by atoms with E-state index in [0.717, 1.165) is 5.56 Å². The second kappa shape index (κ2) is 3.63. The van der Waals surface area contributed by atoms with Gasteiger partial charge in [-0.1, -0.05) is 0 Å². The molecule has 0 amide bonds. The normalized spacial score (nSPS) is 9.00. The van der Waals surface area contributed by atoms with Crippen molar-refractivity contribution in [3.63, 3.8) is 0 Å². The van der Waals surface area contributed by atoms with E-state index in [-0.39, 0.29) is 12.2 Å². The van der Waals surface area contributed by atoms with Crippen molar-refractivity contribution in [2.24, 2.45) is 0 Å². The van der Waals surface area contributed by atoms with Crippen molar-refractivity contribution >= 4 is 5.78 Å². The highest BCUT2D eigenvalue weighted by molar-refractivity contribution is 5.98. The molecule has 1 aromatic heterocycles. The predicted octanol–water partition coefficient (Wildman–Crippen LogP) is 1.49. The molecule has 1 rings (SSSR count). The summed E-state index contributed by atoms with van der Waals surface area (Å²) < 4.78 is 0. The molecule has 0 aromatic carbocycles. The number of aromatic nitrogens is 1. The van der Waals surface area contributed by atoms with Gasteiger partial charge in [0.25, 0.3) is 0 Å². The zero-order chi connectivity index (χ0) is 8.97. The molecule has 0 aliphatic rings. The van der Waals surface area contributed by atoms with Gasteiger partial charge in [0.15, 0.2) is 5.78 Å². The second-order valence-electron chi connectivity index (χ2n) is 2.45. The molecule has 0 bridgehead atoms. The molecule has 3 heteroatoms. The molecular weight excluding hydrogens is 152 g/mol. The number of nitriles is 1. The number of carbonyl (C=O) groups is 1. The summed E-state index contributed by atoms with van der Waals surface area (Å²) in [5, 5.41) is 8.30. The zero-order valence-electron chi connectivity index (χ0n) is 6.74. The van der Waals surface area contributed by atoms with Crippen molar-refractivity contribution in [3.05, 3.63) is 29.6 Å². The summed E-state index contributed by atoms with van der Waals surface area (Å²) in [5.74, 6) is -0.164. The fraction of sp³-hybridized carbons (Fsp3) is 0.222. The Bertz CT molecular complexity index is 339. The molecule has 3 nitrogen and oxygen atoms in total. The number of hydrogen-bond donors (Lipinski definition) is 0. The first-order valence-corrected chi connectivity index (χ1v) is 3.56. The first-order chi connectivity index (χ1) is 5.75. The van der Waals surface area contributed by atoms with Gasteiger partial charge >= 0.3 is 0 Å². The van der Waals surface area contributed by atoms with Gasteiger partial charge in [0, 0.05) is 18.0 Å². The van der Waals surface area contributed by atoms with Gasteiger partial charge in [-0.15, -0.1) is 0 Å². The zero-order valence-corrected chi connectivity index (χ0v) is 6.74. The quantitative estimate of drug-likeness (QED) is 0.616. The van der Waals surface area contributed by atoms with Gasteiger partial charge in [0.2, 0.25) is 0 Å². The van der Waals surface area contributed by atoms with Crippen LogP contribution in [0, 0.1) is 18.3 Å². The van der Waals surface area contributed by atoms with Crippen LogP contribution in [-0.2, 0) is 0 Å². The molecule has 1 heterocycles. The summed E-state index contributed by atoms with van der Waals surface area (Å²) in [6.07, 6.45) is 3.04. The molecule has 0 fully saturated rings.